The molecule has 0 spiro atoms. The largest absolute Gasteiger partial charge is 0.383 e. The summed E-state index contributed by atoms with van der Waals surface area (Å²) in [5, 5.41) is 12.3. The SMILES string of the molecule is COCCOCCNc1ccc(C#N)c(Cl)c1. The van der Waals surface area contributed by atoms with Gasteiger partial charge in [-0.05, 0) is 18.2 Å². The summed E-state index contributed by atoms with van der Waals surface area (Å²) in [5.41, 5.74) is 1.36. The Morgan fingerprint density at radius 1 is 1.35 bits per heavy atom. The van der Waals surface area contributed by atoms with Gasteiger partial charge in [0.1, 0.15) is 6.07 Å². The molecule has 0 aliphatic rings. The normalized spacial score (nSPS) is 9.94. The molecule has 0 aromatic heterocycles. The van der Waals surface area contributed by atoms with Crippen molar-refractivity contribution in [2.24, 2.45) is 0 Å². The van der Waals surface area contributed by atoms with E-state index in [1.54, 1.807) is 19.2 Å². The third-order valence-corrected chi connectivity index (χ3v) is 2.41. The minimum atomic E-state index is 0.456. The lowest BCUT2D eigenvalue weighted by atomic mass is 10.2. The van der Waals surface area contributed by atoms with Crippen molar-refractivity contribution >= 4 is 17.3 Å². The summed E-state index contributed by atoms with van der Waals surface area (Å²) in [6.45, 7) is 2.47. The molecular formula is C12H15ClN2O2. The van der Waals surface area contributed by atoms with E-state index in [9.17, 15) is 0 Å². The van der Waals surface area contributed by atoms with Gasteiger partial charge in [0.05, 0.1) is 30.4 Å². The van der Waals surface area contributed by atoms with Gasteiger partial charge in [-0.2, -0.15) is 5.26 Å². The van der Waals surface area contributed by atoms with E-state index in [0.29, 0.717) is 37.0 Å². The van der Waals surface area contributed by atoms with E-state index in [2.05, 4.69) is 5.32 Å². The van der Waals surface area contributed by atoms with Crippen molar-refractivity contribution < 1.29 is 9.47 Å². The van der Waals surface area contributed by atoms with Crippen LogP contribution in [-0.2, 0) is 9.47 Å². The second-order valence-electron chi connectivity index (χ2n) is 3.34. The van der Waals surface area contributed by atoms with Gasteiger partial charge in [0.2, 0.25) is 0 Å². The number of nitrogens with one attached hydrogen (secondary N) is 1. The zero-order valence-corrected chi connectivity index (χ0v) is 10.5. The van der Waals surface area contributed by atoms with E-state index in [-0.39, 0.29) is 0 Å². The van der Waals surface area contributed by atoms with Gasteiger partial charge in [-0.3, -0.25) is 0 Å². The highest BCUT2D eigenvalue weighted by Crippen LogP contribution is 2.19. The van der Waals surface area contributed by atoms with E-state index >= 15 is 0 Å². The highest BCUT2D eigenvalue weighted by atomic mass is 35.5. The first-order valence-corrected chi connectivity index (χ1v) is 5.66. The molecule has 4 nitrogen and oxygen atoms in total. The number of hydrogen-bond donors (Lipinski definition) is 1. The third kappa shape index (κ3) is 5.05. The molecule has 1 N–H and O–H groups in total. The minimum absolute atomic E-state index is 0.456. The molecular weight excluding hydrogens is 240 g/mol. The number of methoxy groups -OCH3 is 1. The van der Waals surface area contributed by atoms with Crippen LogP contribution in [0.4, 0.5) is 5.69 Å². The molecule has 0 unspecified atom stereocenters. The molecule has 0 aliphatic heterocycles. The Balaban J connectivity index is 2.28. The second-order valence-corrected chi connectivity index (χ2v) is 3.75. The maximum Gasteiger partial charge on any atom is 0.101 e. The summed E-state index contributed by atoms with van der Waals surface area (Å²) < 4.78 is 10.2. The second kappa shape index (κ2) is 7.91. The van der Waals surface area contributed by atoms with Gasteiger partial charge in [-0.15, -0.1) is 0 Å². The maximum atomic E-state index is 8.72. The highest BCUT2D eigenvalue weighted by Gasteiger charge is 2.00. The Hall–Kier alpha value is -1.28. The first kappa shape index (κ1) is 13.8. The molecule has 0 radical (unpaired) electrons. The van der Waals surface area contributed by atoms with Crippen LogP contribution in [0.3, 0.4) is 0 Å². The number of hydrogen-bond acceptors (Lipinski definition) is 4. The number of anilines is 1. The van der Waals surface area contributed by atoms with Crippen molar-refractivity contribution in [2.45, 2.75) is 0 Å². The number of rotatable bonds is 7. The average molecular weight is 255 g/mol. The molecule has 0 atom stereocenters. The van der Waals surface area contributed by atoms with Crippen LogP contribution in [0, 0.1) is 11.3 Å². The van der Waals surface area contributed by atoms with Crippen molar-refractivity contribution in [1.29, 1.82) is 5.26 Å². The number of nitrogens with zero attached hydrogens (tertiary/aromatic N) is 1. The maximum absolute atomic E-state index is 8.72. The fourth-order valence-corrected chi connectivity index (χ4v) is 1.45. The van der Waals surface area contributed by atoms with Crippen LogP contribution in [0.1, 0.15) is 5.56 Å². The summed E-state index contributed by atoms with van der Waals surface area (Å²) in [6, 6.07) is 7.26. The summed E-state index contributed by atoms with van der Waals surface area (Å²) in [6.07, 6.45) is 0. The molecule has 1 aromatic rings. The molecule has 0 fully saturated rings. The Kier molecular flexibility index (Phi) is 6.41. The van der Waals surface area contributed by atoms with Crippen LogP contribution >= 0.6 is 11.6 Å². The highest BCUT2D eigenvalue weighted by molar-refractivity contribution is 6.32. The van der Waals surface area contributed by atoms with Crippen molar-refractivity contribution in [3.8, 4) is 6.07 Å². The molecule has 0 bridgehead atoms. The van der Waals surface area contributed by atoms with E-state index in [1.807, 2.05) is 12.1 Å². The molecule has 1 rings (SSSR count). The van der Waals surface area contributed by atoms with Crippen LogP contribution in [0.25, 0.3) is 0 Å². The van der Waals surface area contributed by atoms with Crippen LogP contribution in [-0.4, -0.2) is 33.5 Å². The van der Waals surface area contributed by atoms with Gasteiger partial charge in [0.25, 0.3) is 0 Å². The number of halogens is 1. The topological polar surface area (TPSA) is 54.3 Å². The lowest BCUT2D eigenvalue weighted by Gasteiger charge is -2.07. The standard InChI is InChI=1S/C12H15ClN2O2/c1-16-6-7-17-5-4-15-11-3-2-10(9-14)12(13)8-11/h2-3,8,15H,4-7H2,1H3. The minimum Gasteiger partial charge on any atom is -0.383 e. The van der Waals surface area contributed by atoms with E-state index in [1.165, 1.54) is 0 Å². The monoisotopic (exact) mass is 254 g/mol. The number of nitriles is 1. The van der Waals surface area contributed by atoms with E-state index in [4.69, 9.17) is 26.3 Å². The van der Waals surface area contributed by atoms with Crippen LogP contribution in [0.5, 0.6) is 0 Å². The summed E-state index contributed by atoms with van der Waals surface area (Å²) in [4.78, 5) is 0. The fraction of sp³-hybridized carbons (Fsp3) is 0.417. The van der Waals surface area contributed by atoms with Gasteiger partial charge in [0, 0.05) is 19.3 Å². The molecule has 17 heavy (non-hydrogen) atoms. The first-order chi connectivity index (χ1) is 8.27. The number of benzene rings is 1. The van der Waals surface area contributed by atoms with Crippen molar-refractivity contribution in [2.75, 3.05) is 38.8 Å². The molecule has 0 heterocycles. The molecule has 0 saturated carbocycles. The summed E-state index contributed by atoms with van der Waals surface area (Å²) >= 11 is 5.90. The average Bonchev–Trinajstić information content (AvgIpc) is 2.34. The zero-order valence-electron chi connectivity index (χ0n) is 9.70. The smallest absolute Gasteiger partial charge is 0.101 e. The van der Waals surface area contributed by atoms with E-state index in [0.717, 1.165) is 5.69 Å². The Morgan fingerprint density at radius 3 is 2.82 bits per heavy atom. The van der Waals surface area contributed by atoms with Gasteiger partial charge in [-0.25, -0.2) is 0 Å². The molecule has 92 valence electrons. The lowest BCUT2D eigenvalue weighted by Crippen LogP contribution is -2.11. The van der Waals surface area contributed by atoms with Gasteiger partial charge in [0.15, 0.2) is 0 Å². The Morgan fingerprint density at radius 2 is 2.18 bits per heavy atom. The lowest BCUT2D eigenvalue weighted by molar-refractivity contribution is 0.0759. The molecule has 0 saturated heterocycles. The van der Waals surface area contributed by atoms with Crippen molar-refractivity contribution in [3.63, 3.8) is 0 Å². The zero-order chi connectivity index (χ0) is 12.5. The van der Waals surface area contributed by atoms with Crippen molar-refractivity contribution in [1.82, 2.24) is 0 Å². The predicted molar refractivity (Wildman–Crippen MR) is 67.4 cm³/mol. The fourth-order valence-electron chi connectivity index (χ4n) is 1.23. The van der Waals surface area contributed by atoms with Gasteiger partial charge >= 0.3 is 0 Å². The molecule has 5 heteroatoms. The summed E-state index contributed by atoms with van der Waals surface area (Å²) in [5.74, 6) is 0. The quantitative estimate of drug-likeness (QED) is 0.759. The predicted octanol–water partition coefficient (Wildman–Crippen LogP) is 2.29. The van der Waals surface area contributed by atoms with Crippen molar-refractivity contribution in [3.05, 3.63) is 28.8 Å². The molecule has 0 aliphatic carbocycles. The Labute approximate surface area is 106 Å². The van der Waals surface area contributed by atoms with Gasteiger partial charge in [-0.1, -0.05) is 11.6 Å². The molecule has 1 aromatic carbocycles. The Bertz CT molecular complexity index is 391. The van der Waals surface area contributed by atoms with E-state index < -0.39 is 0 Å². The number of ether oxygens (including phenoxy) is 2. The molecule has 0 amide bonds. The third-order valence-electron chi connectivity index (χ3n) is 2.10. The first-order valence-electron chi connectivity index (χ1n) is 5.28. The van der Waals surface area contributed by atoms with Gasteiger partial charge < -0.3 is 14.8 Å². The van der Waals surface area contributed by atoms with Crippen LogP contribution in [0.15, 0.2) is 18.2 Å². The van der Waals surface area contributed by atoms with Crippen LogP contribution in [0.2, 0.25) is 5.02 Å². The van der Waals surface area contributed by atoms with Crippen LogP contribution < -0.4 is 5.32 Å². The summed E-state index contributed by atoms with van der Waals surface area (Å²) in [7, 11) is 1.64.